The zero-order chi connectivity index (χ0) is 12.3. The van der Waals surface area contributed by atoms with Crippen LogP contribution in [0.5, 0.6) is 5.75 Å². The van der Waals surface area contributed by atoms with E-state index in [0.29, 0.717) is 17.9 Å². The number of ether oxygens (including phenoxy) is 1. The first-order valence-corrected chi connectivity index (χ1v) is 6.28. The third-order valence-electron chi connectivity index (χ3n) is 2.57. The molecule has 4 nitrogen and oxygen atoms in total. The number of carbonyl (C=O) groups excluding carboxylic acids is 2. The quantitative estimate of drug-likeness (QED) is 0.768. The largest absolute Gasteiger partial charge is 0.497 e. The van der Waals surface area contributed by atoms with Gasteiger partial charge < -0.3 is 9.64 Å². The van der Waals surface area contributed by atoms with E-state index in [2.05, 4.69) is 0 Å². The topological polar surface area (TPSA) is 46.6 Å². The summed E-state index contributed by atoms with van der Waals surface area (Å²) in [5, 5.41) is -0.0127. The number of thioether (sulfide) groups is 1. The van der Waals surface area contributed by atoms with Crippen molar-refractivity contribution in [3.8, 4) is 5.75 Å². The molecule has 1 heterocycles. The molecular formula is C12H13NO3S. The Balaban J connectivity index is 2.06. The number of hydrogen-bond acceptors (Lipinski definition) is 4. The highest BCUT2D eigenvalue weighted by Gasteiger charge is 2.23. The van der Waals surface area contributed by atoms with Crippen LogP contribution in [0.3, 0.4) is 0 Å². The van der Waals surface area contributed by atoms with Crippen molar-refractivity contribution in [1.29, 1.82) is 0 Å². The molecule has 1 saturated heterocycles. The van der Waals surface area contributed by atoms with E-state index in [0.717, 1.165) is 5.75 Å². The molecule has 90 valence electrons. The van der Waals surface area contributed by atoms with Gasteiger partial charge in [-0.05, 0) is 12.1 Å². The van der Waals surface area contributed by atoms with Gasteiger partial charge in [0.1, 0.15) is 5.75 Å². The van der Waals surface area contributed by atoms with Crippen LogP contribution in [0.4, 0.5) is 4.79 Å². The Morgan fingerprint density at radius 3 is 3.00 bits per heavy atom. The summed E-state index contributed by atoms with van der Waals surface area (Å²) >= 11 is 1.26. The average Bonchev–Trinajstić information content (AvgIpc) is 2.75. The number of hydrogen-bond donors (Lipinski definition) is 0. The molecule has 1 aromatic carbocycles. The highest BCUT2D eigenvalue weighted by Crippen LogP contribution is 2.18. The van der Waals surface area contributed by atoms with Gasteiger partial charge in [0, 0.05) is 17.9 Å². The van der Waals surface area contributed by atoms with Crippen molar-refractivity contribution in [3.05, 3.63) is 29.8 Å². The minimum Gasteiger partial charge on any atom is -0.497 e. The predicted molar refractivity (Wildman–Crippen MR) is 66.8 cm³/mol. The van der Waals surface area contributed by atoms with Crippen molar-refractivity contribution in [2.45, 2.75) is 0 Å². The molecule has 1 fully saturated rings. The van der Waals surface area contributed by atoms with Crippen molar-refractivity contribution in [2.75, 3.05) is 26.0 Å². The average molecular weight is 251 g/mol. The molecule has 0 aromatic heterocycles. The van der Waals surface area contributed by atoms with Crippen LogP contribution in [0.2, 0.25) is 0 Å². The van der Waals surface area contributed by atoms with Crippen LogP contribution in [0.1, 0.15) is 10.4 Å². The number of amides is 1. The zero-order valence-electron chi connectivity index (χ0n) is 9.51. The van der Waals surface area contributed by atoms with Gasteiger partial charge in [-0.3, -0.25) is 9.59 Å². The Morgan fingerprint density at radius 1 is 1.53 bits per heavy atom. The third kappa shape index (κ3) is 2.79. The summed E-state index contributed by atoms with van der Waals surface area (Å²) in [6.45, 7) is 0.804. The Morgan fingerprint density at radius 2 is 2.35 bits per heavy atom. The summed E-state index contributed by atoms with van der Waals surface area (Å²) in [6.07, 6.45) is 0. The molecule has 0 N–H and O–H groups in total. The van der Waals surface area contributed by atoms with Gasteiger partial charge in [0.15, 0.2) is 5.78 Å². The lowest BCUT2D eigenvalue weighted by Gasteiger charge is -2.13. The molecule has 0 aliphatic carbocycles. The minimum absolute atomic E-state index is 0.0127. The predicted octanol–water partition coefficient (Wildman–Crippen LogP) is 2.05. The Kier molecular flexibility index (Phi) is 3.68. The molecule has 0 radical (unpaired) electrons. The molecule has 1 aromatic rings. The van der Waals surface area contributed by atoms with Gasteiger partial charge >= 0.3 is 0 Å². The highest BCUT2D eigenvalue weighted by atomic mass is 32.2. The van der Waals surface area contributed by atoms with Crippen molar-refractivity contribution in [1.82, 2.24) is 4.90 Å². The Hall–Kier alpha value is -1.49. The smallest absolute Gasteiger partial charge is 0.282 e. The molecule has 1 aliphatic rings. The molecule has 2 rings (SSSR count). The van der Waals surface area contributed by atoms with Crippen molar-refractivity contribution >= 4 is 22.8 Å². The number of Topliss-reactive ketones (excluding diaryl/α,β-unsaturated/α-hetero) is 1. The lowest BCUT2D eigenvalue weighted by atomic mass is 10.1. The number of benzene rings is 1. The van der Waals surface area contributed by atoms with E-state index in [1.807, 2.05) is 0 Å². The van der Waals surface area contributed by atoms with Gasteiger partial charge in [0.25, 0.3) is 5.24 Å². The van der Waals surface area contributed by atoms with Crippen LogP contribution < -0.4 is 4.74 Å². The first kappa shape index (κ1) is 12.0. The van der Waals surface area contributed by atoms with Crippen LogP contribution in [-0.2, 0) is 0 Å². The second kappa shape index (κ2) is 5.23. The maximum atomic E-state index is 12.0. The first-order chi connectivity index (χ1) is 8.20. The molecule has 0 atom stereocenters. The molecule has 1 aliphatic heterocycles. The molecule has 0 unspecified atom stereocenters. The minimum atomic E-state index is -0.0558. The van der Waals surface area contributed by atoms with Crippen LogP contribution in [-0.4, -0.2) is 41.9 Å². The highest BCUT2D eigenvalue weighted by molar-refractivity contribution is 8.13. The van der Waals surface area contributed by atoms with E-state index < -0.39 is 0 Å². The van der Waals surface area contributed by atoms with Gasteiger partial charge in [0.2, 0.25) is 0 Å². The monoisotopic (exact) mass is 251 g/mol. The summed E-state index contributed by atoms with van der Waals surface area (Å²) in [5.41, 5.74) is 0.578. The molecule has 0 saturated carbocycles. The fraction of sp³-hybridized carbons (Fsp3) is 0.333. The van der Waals surface area contributed by atoms with E-state index in [4.69, 9.17) is 4.74 Å². The van der Waals surface area contributed by atoms with E-state index in [-0.39, 0.29) is 17.6 Å². The normalized spacial score (nSPS) is 15.1. The van der Waals surface area contributed by atoms with E-state index in [1.165, 1.54) is 11.8 Å². The second-order valence-electron chi connectivity index (χ2n) is 3.69. The standard InChI is InChI=1S/C12H13NO3S/c1-16-10-4-2-3-9(7-10)11(14)8-13-5-6-17-12(13)15/h2-4,7H,5-6,8H2,1H3. The maximum Gasteiger partial charge on any atom is 0.282 e. The van der Waals surface area contributed by atoms with Gasteiger partial charge in [-0.1, -0.05) is 23.9 Å². The van der Waals surface area contributed by atoms with Crippen LogP contribution in [0, 0.1) is 0 Å². The molecule has 5 heteroatoms. The van der Waals surface area contributed by atoms with Crippen molar-refractivity contribution in [3.63, 3.8) is 0 Å². The van der Waals surface area contributed by atoms with Crippen molar-refractivity contribution < 1.29 is 14.3 Å². The second-order valence-corrected chi connectivity index (χ2v) is 4.74. The summed E-state index contributed by atoms with van der Waals surface area (Å²) in [6, 6.07) is 6.98. The van der Waals surface area contributed by atoms with Gasteiger partial charge in [-0.2, -0.15) is 0 Å². The Bertz CT molecular complexity index is 447. The van der Waals surface area contributed by atoms with Crippen molar-refractivity contribution in [2.24, 2.45) is 0 Å². The Labute approximate surface area is 104 Å². The summed E-state index contributed by atoms with van der Waals surface area (Å²) in [7, 11) is 1.56. The SMILES string of the molecule is COc1cccc(C(=O)CN2CCSC2=O)c1. The molecular weight excluding hydrogens is 238 g/mol. The molecule has 1 amide bonds. The molecule has 17 heavy (non-hydrogen) atoms. The lowest BCUT2D eigenvalue weighted by molar-refractivity contribution is 0.0955. The van der Waals surface area contributed by atoms with Crippen LogP contribution in [0.15, 0.2) is 24.3 Å². The van der Waals surface area contributed by atoms with Gasteiger partial charge in [0.05, 0.1) is 13.7 Å². The van der Waals surface area contributed by atoms with E-state index >= 15 is 0 Å². The number of nitrogens with zero attached hydrogens (tertiary/aromatic N) is 1. The summed E-state index contributed by atoms with van der Waals surface area (Å²) in [5.74, 6) is 1.36. The number of ketones is 1. The van der Waals surface area contributed by atoms with Gasteiger partial charge in [-0.25, -0.2) is 0 Å². The lowest BCUT2D eigenvalue weighted by Crippen LogP contribution is -2.29. The first-order valence-electron chi connectivity index (χ1n) is 5.29. The van der Waals surface area contributed by atoms with Crippen LogP contribution in [0.25, 0.3) is 0 Å². The number of rotatable bonds is 4. The zero-order valence-corrected chi connectivity index (χ0v) is 10.3. The van der Waals surface area contributed by atoms with E-state index in [9.17, 15) is 9.59 Å². The molecule has 0 bridgehead atoms. The summed E-state index contributed by atoms with van der Waals surface area (Å²) < 4.78 is 5.06. The number of carbonyl (C=O) groups is 2. The van der Waals surface area contributed by atoms with E-state index in [1.54, 1.807) is 36.3 Å². The summed E-state index contributed by atoms with van der Waals surface area (Å²) in [4.78, 5) is 24.9. The maximum absolute atomic E-state index is 12.0. The fourth-order valence-electron chi connectivity index (χ4n) is 1.63. The molecule has 0 spiro atoms. The van der Waals surface area contributed by atoms with Crippen LogP contribution >= 0.6 is 11.8 Å². The number of methoxy groups -OCH3 is 1. The third-order valence-corrected chi connectivity index (χ3v) is 3.46. The fourth-order valence-corrected chi connectivity index (χ4v) is 2.46. The van der Waals surface area contributed by atoms with Gasteiger partial charge in [-0.15, -0.1) is 0 Å².